The number of pyridine rings is 1. The quantitative estimate of drug-likeness (QED) is 0.429. The third kappa shape index (κ3) is 5.34. The fourth-order valence-electron chi connectivity index (χ4n) is 5.00. The number of nitrogens with zero attached hydrogens (tertiary/aromatic N) is 4. The maximum atomic E-state index is 14.4. The van der Waals surface area contributed by atoms with E-state index in [4.69, 9.17) is 11.6 Å². The molecular formula is C26H28ClFN4O2. The van der Waals surface area contributed by atoms with Crippen LogP contribution in [0.25, 0.3) is 11.0 Å². The molecule has 1 aliphatic rings. The standard InChI is InChI=1S/C26H28ClFN4O2/c1-3-4-6-18-8-9-22-23(11-18)31(17-30-22)16-26(2)10-5-7-19(13-26)15-32(25(33)34)24-21(28)12-20(27)14-29-24/h8-9,11-12,14,17,19H,3,5,7,10,13,15-16H2,1-2H3,(H,33,34). The molecule has 0 aliphatic heterocycles. The lowest BCUT2D eigenvalue weighted by molar-refractivity contribution is 0.136. The lowest BCUT2D eigenvalue weighted by atomic mass is 9.70. The summed E-state index contributed by atoms with van der Waals surface area (Å²) in [6, 6.07) is 7.16. The summed E-state index contributed by atoms with van der Waals surface area (Å²) < 4.78 is 16.6. The van der Waals surface area contributed by atoms with Crippen LogP contribution in [0.5, 0.6) is 0 Å². The van der Waals surface area contributed by atoms with Crippen LogP contribution in [0.4, 0.5) is 15.0 Å². The summed E-state index contributed by atoms with van der Waals surface area (Å²) in [5, 5.41) is 9.89. The monoisotopic (exact) mass is 482 g/mol. The molecule has 1 fully saturated rings. The highest BCUT2D eigenvalue weighted by Gasteiger charge is 2.35. The van der Waals surface area contributed by atoms with Crippen LogP contribution in [0.15, 0.2) is 36.8 Å². The Morgan fingerprint density at radius 2 is 2.21 bits per heavy atom. The normalized spacial score (nSPS) is 20.1. The van der Waals surface area contributed by atoms with Crippen molar-refractivity contribution in [1.82, 2.24) is 14.5 Å². The molecule has 3 aromatic rings. The molecule has 4 rings (SSSR count). The van der Waals surface area contributed by atoms with Gasteiger partial charge in [-0.05, 0) is 54.9 Å². The predicted molar refractivity (Wildman–Crippen MR) is 132 cm³/mol. The van der Waals surface area contributed by atoms with Gasteiger partial charge >= 0.3 is 6.09 Å². The number of halogens is 2. The van der Waals surface area contributed by atoms with Crippen LogP contribution < -0.4 is 4.90 Å². The second kappa shape index (κ2) is 10.0. The zero-order valence-corrected chi connectivity index (χ0v) is 20.1. The van der Waals surface area contributed by atoms with Crippen molar-refractivity contribution in [2.45, 2.75) is 52.5 Å². The molecule has 178 valence electrons. The van der Waals surface area contributed by atoms with Gasteiger partial charge in [-0.1, -0.05) is 43.7 Å². The molecule has 0 saturated heterocycles. The van der Waals surface area contributed by atoms with Crippen molar-refractivity contribution < 1.29 is 14.3 Å². The van der Waals surface area contributed by atoms with E-state index in [0.29, 0.717) is 0 Å². The van der Waals surface area contributed by atoms with E-state index in [2.05, 4.69) is 39.4 Å². The van der Waals surface area contributed by atoms with Crippen molar-refractivity contribution in [3.8, 4) is 11.8 Å². The Hall–Kier alpha value is -3.11. The largest absolute Gasteiger partial charge is 0.465 e. The first kappa shape index (κ1) is 24.0. The Labute approximate surface area is 203 Å². The molecule has 1 saturated carbocycles. The molecular weight excluding hydrogens is 455 g/mol. The minimum absolute atomic E-state index is 0.0439. The van der Waals surface area contributed by atoms with Crippen LogP contribution >= 0.6 is 11.6 Å². The van der Waals surface area contributed by atoms with Gasteiger partial charge in [0, 0.05) is 31.3 Å². The fourth-order valence-corrected chi connectivity index (χ4v) is 5.14. The van der Waals surface area contributed by atoms with Crippen LogP contribution in [0.2, 0.25) is 5.02 Å². The van der Waals surface area contributed by atoms with Gasteiger partial charge in [0.1, 0.15) is 0 Å². The topological polar surface area (TPSA) is 71.2 Å². The van der Waals surface area contributed by atoms with Gasteiger partial charge in [-0.15, -0.1) is 0 Å². The van der Waals surface area contributed by atoms with E-state index in [1.165, 1.54) is 6.20 Å². The molecule has 2 heterocycles. The predicted octanol–water partition coefficient (Wildman–Crippen LogP) is 6.37. The van der Waals surface area contributed by atoms with E-state index in [9.17, 15) is 14.3 Å². The first-order chi connectivity index (χ1) is 16.3. The van der Waals surface area contributed by atoms with Gasteiger partial charge in [0.2, 0.25) is 0 Å². The Morgan fingerprint density at radius 3 is 2.94 bits per heavy atom. The average molecular weight is 483 g/mol. The van der Waals surface area contributed by atoms with E-state index < -0.39 is 11.9 Å². The molecule has 0 spiro atoms. The first-order valence-corrected chi connectivity index (χ1v) is 11.9. The number of carboxylic acid groups (broad SMARTS) is 1. The summed E-state index contributed by atoms with van der Waals surface area (Å²) >= 11 is 5.79. The van der Waals surface area contributed by atoms with E-state index in [1.54, 1.807) is 0 Å². The zero-order chi connectivity index (χ0) is 24.3. The molecule has 0 radical (unpaired) electrons. The highest BCUT2D eigenvalue weighted by Crippen LogP contribution is 2.41. The van der Waals surface area contributed by atoms with Gasteiger partial charge in [0.15, 0.2) is 11.6 Å². The van der Waals surface area contributed by atoms with Crippen LogP contribution in [-0.4, -0.2) is 32.3 Å². The maximum absolute atomic E-state index is 14.4. The number of amides is 1. The molecule has 0 bridgehead atoms. The van der Waals surface area contributed by atoms with E-state index >= 15 is 0 Å². The molecule has 2 aromatic heterocycles. The molecule has 34 heavy (non-hydrogen) atoms. The second-order valence-corrected chi connectivity index (χ2v) is 9.79. The third-order valence-corrected chi connectivity index (χ3v) is 6.68. The highest BCUT2D eigenvalue weighted by atomic mass is 35.5. The second-order valence-electron chi connectivity index (χ2n) is 9.36. The van der Waals surface area contributed by atoms with E-state index in [1.807, 2.05) is 25.4 Å². The molecule has 1 amide bonds. The lowest BCUT2D eigenvalue weighted by Gasteiger charge is -2.39. The number of hydrogen-bond acceptors (Lipinski definition) is 3. The Balaban J connectivity index is 1.53. The fraction of sp³-hybridized carbons (Fsp3) is 0.423. The summed E-state index contributed by atoms with van der Waals surface area (Å²) in [7, 11) is 0. The molecule has 1 aromatic carbocycles. The molecule has 2 unspecified atom stereocenters. The number of imidazole rings is 1. The molecule has 1 aliphatic carbocycles. The van der Waals surface area contributed by atoms with E-state index in [0.717, 1.165) is 66.2 Å². The number of hydrogen-bond donors (Lipinski definition) is 1. The summed E-state index contributed by atoms with van der Waals surface area (Å²) in [6.45, 7) is 5.22. The average Bonchev–Trinajstić information content (AvgIpc) is 3.18. The highest BCUT2D eigenvalue weighted by molar-refractivity contribution is 6.30. The molecule has 1 N–H and O–H groups in total. The van der Waals surface area contributed by atoms with Gasteiger partial charge in [-0.2, -0.15) is 0 Å². The zero-order valence-electron chi connectivity index (χ0n) is 19.4. The Kier molecular flexibility index (Phi) is 7.08. The number of benzene rings is 1. The maximum Gasteiger partial charge on any atom is 0.413 e. The number of rotatable bonds is 5. The van der Waals surface area contributed by atoms with Crippen molar-refractivity contribution in [2.75, 3.05) is 11.4 Å². The number of carbonyl (C=O) groups is 1. The van der Waals surface area contributed by atoms with Crippen LogP contribution in [0.1, 0.15) is 51.5 Å². The van der Waals surface area contributed by atoms with Gasteiger partial charge in [0.05, 0.1) is 22.4 Å². The van der Waals surface area contributed by atoms with Crippen molar-refractivity contribution in [1.29, 1.82) is 0 Å². The van der Waals surface area contributed by atoms with Gasteiger partial charge in [0.25, 0.3) is 0 Å². The van der Waals surface area contributed by atoms with Crippen LogP contribution in [0, 0.1) is 29.0 Å². The smallest absolute Gasteiger partial charge is 0.413 e. The van der Waals surface area contributed by atoms with E-state index in [-0.39, 0.29) is 28.7 Å². The molecule has 2 atom stereocenters. The minimum Gasteiger partial charge on any atom is -0.465 e. The summed E-state index contributed by atoms with van der Waals surface area (Å²) in [5.74, 6) is 5.45. The van der Waals surface area contributed by atoms with Gasteiger partial charge in [-0.25, -0.2) is 19.2 Å². The third-order valence-electron chi connectivity index (χ3n) is 6.47. The van der Waals surface area contributed by atoms with Crippen LogP contribution in [-0.2, 0) is 6.54 Å². The summed E-state index contributed by atoms with van der Waals surface area (Å²) in [5.41, 5.74) is 2.90. The van der Waals surface area contributed by atoms with Gasteiger partial charge in [-0.3, -0.25) is 4.90 Å². The molecule has 6 nitrogen and oxygen atoms in total. The SMILES string of the molecule is CCC#Cc1ccc2ncn(CC3(C)CCCC(CN(C(=O)O)c4ncc(Cl)cc4F)C3)c2c1. The summed E-state index contributed by atoms with van der Waals surface area (Å²) in [6.07, 6.45) is 6.43. The lowest BCUT2D eigenvalue weighted by Crippen LogP contribution is -2.39. The Morgan fingerprint density at radius 1 is 1.38 bits per heavy atom. The summed E-state index contributed by atoms with van der Waals surface area (Å²) in [4.78, 5) is 21.4. The Bertz CT molecular complexity index is 1260. The van der Waals surface area contributed by atoms with Crippen molar-refractivity contribution in [2.24, 2.45) is 11.3 Å². The minimum atomic E-state index is -1.22. The van der Waals surface area contributed by atoms with Crippen LogP contribution in [0.3, 0.4) is 0 Å². The molecule has 8 heteroatoms. The number of fused-ring (bicyclic) bond motifs is 1. The van der Waals surface area contributed by atoms with Crippen molar-refractivity contribution in [3.05, 3.63) is 53.2 Å². The first-order valence-electron chi connectivity index (χ1n) is 11.5. The van der Waals surface area contributed by atoms with Crippen molar-refractivity contribution >= 4 is 34.5 Å². The van der Waals surface area contributed by atoms with Crippen molar-refractivity contribution in [3.63, 3.8) is 0 Å². The van der Waals surface area contributed by atoms with Gasteiger partial charge < -0.3 is 9.67 Å². The number of anilines is 1. The number of aromatic nitrogens is 3.